The van der Waals surface area contributed by atoms with Crippen LogP contribution in [-0.4, -0.2) is 58.6 Å². The number of piperidine rings is 1. The van der Waals surface area contributed by atoms with E-state index in [0.29, 0.717) is 10.8 Å². The number of carbonyl (C=O) groups excluding carboxylic acids is 1. The van der Waals surface area contributed by atoms with Gasteiger partial charge in [-0.2, -0.15) is 0 Å². The molecule has 3 rings (SSSR count). The number of rotatable bonds is 3. The van der Waals surface area contributed by atoms with E-state index in [2.05, 4.69) is 15.1 Å². The molecule has 114 valence electrons. The van der Waals surface area contributed by atoms with Crippen LogP contribution in [0.25, 0.3) is 0 Å². The van der Waals surface area contributed by atoms with Gasteiger partial charge in [0.05, 0.1) is 0 Å². The Morgan fingerprint density at radius 3 is 2.48 bits per heavy atom. The van der Waals surface area contributed by atoms with Crippen molar-refractivity contribution in [1.29, 1.82) is 0 Å². The van der Waals surface area contributed by atoms with Gasteiger partial charge in [0.25, 0.3) is 5.91 Å². The average molecular weight is 309 g/mol. The molecule has 1 amide bonds. The Kier molecular flexibility index (Phi) is 4.70. The highest BCUT2D eigenvalue weighted by Crippen LogP contribution is 2.21. The van der Waals surface area contributed by atoms with Crippen molar-refractivity contribution in [3.8, 4) is 0 Å². The van der Waals surface area contributed by atoms with Gasteiger partial charge in [-0.1, -0.05) is 11.6 Å². The smallest absolute Gasteiger partial charge is 0.274 e. The van der Waals surface area contributed by atoms with Gasteiger partial charge in [0.1, 0.15) is 0 Å². The lowest BCUT2D eigenvalue weighted by Crippen LogP contribution is -2.41. The van der Waals surface area contributed by atoms with Crippen LogP contribution in [0.1, 0.15) is 36.2 Å². The van der Waals surface area contributed by atoms with Gasteiger partial charge >= 0.3 is 0 Å². The molecule has 2 aliphatic heterocycles. The zero-order valence-corrected chi connectivity index (χ0v) is 12.9. The Labute approximate surface area is 130 Å². The molecule has 0 spiro atoms. The molecule has 3 heterocycles. The predicted molar refractivity (Wildman–Crippen MR) is 81.3 cm³/mol. The largest absolute Gasteiger partial charge is 0.337 e. The fourth-order valence-corrected chi connectivity index (χ4v) is 3.34. The van der Waals surface area contributed by atoms with Crippen LogP contribution in [0.4, 0.5) is 0 Å². The molecule has 0 unspecified atom stereocenters. The van der Waals surface area contributed by atoms with Crippen LogP contribution >= 0.6 is 11.6 Å². The maximum Gasteiger partial charge on any atom is 0.274 e. The number of carbonyl (C=O) groups is 1. The number of nitrogens with zero attached hydrogens (tertiary/aromatic N) is 4. The monoisotopic (exact) mass is 308 g/mol. The molecule has 0 aromatic carbocycles. The Morgan fingerprint density at radius 1 is 1.14 bits per heavy atom. The quantitative estimate of drug-likeness (QED) is 0.858. The van der Waals surface area contributed by atoms with E-state index in [1.165, 1.54) is 32.5 Å². The zero-order valence-electron chi connectivity index (χ0n) is 12.2. The summed E-state index contributed by atoms with van der Waals surface area (Å²) in [6.45, 7) is 5.34. The molecule has 1 aromatic heterocycles. The van der Waals surface area contributed by atoms with Crippen LogP contribution in [0.3, 0.4) is 0 Å². The van der Waals surface area contributed by atoms with Crippen molar-refractivity contribution in [3.63, 3.8) is 0 Å². The Morgan fingerprint density at radius 2 is 1.86 bits per heavy atom. The summed E-state index contributed by atoms with van der Waals surface area (Å²) in [5.41, 5.74) is 0.386. The molecule has 6 heteroatoms. The minimum Gasteiger partial charge on any atom is -0.337 e. The van der Waals surface area contributed by atoms with Crippen LogP contribution in [-0.2, 0) is 0 Å². The summed E-state index contributed by atoms with van der Waals surface area (Å²) in [6.07, 6.45) is 4.85. The molecule has 2 saturated heterocycles. The highest BCUT2D eigenvalue weighted by atomic mass is 35.5. The van der Waals surface area contributed by atoms with Crippen molar-refractivity contribution in [2.75, 3.05) is 32.7 Å². The lowest BCUT2D eigenvalue weighted by molar-refractivity contribution is 0.0666. The molecule has 2 aliphatic rings. The topological polar surface area (TPSA) is 49.3 Å². The minimum absolute atomic E-state index is 0.0289. The first-order chi connectivity index (χ1) is 10.2. The molecule has 2 fully saturated rings. The SMILES string of the molecule is O=C(c1ccc(Cl)nn1)N1CCC(CN2CCCC2)CC1. The molecule has 21 heavy (non-hydrogen) atoms. The van der Waals surface area contributed by atoms with Gasteiger partial charge in [0.2, 0.25) is 0 Å². The van der Waals surface area contributed by atoms with E-state index in [-0.39, 0.29) is 5.91 Å². The second-order valence-electron chi connectivity index (χ2n) is 5.98. The highest BCUT2D eigenvalue weighted by Gasteiger charge is 2.26. The van der Waals surface area contributed by atoms with Gasteiger partial charge in [0, 0.05) is 19.6 Å². The summed E-state index contributed by atoms with van der Waals surface area (Å²) in [4.78, 5) is 16.8. The van der Waals surface area contributed by atoms with E-state index in [0.717, 1.165) is 31.8 Å². The number of aromatic nitrogens is 2. The summed E-state index contributed by atoms with van der Waals surface area (Å²) in [7, 11) is 0. The fourth-order valence-electron chi connectivity index (χ4n) is 3.24. The summed E-state index contributed by atoms with van der Waals surface area (Å²) < 4.78 is 0. The maximum absolute atomic E-state index is 12.3. The summed E-state index contributed by atoms with van der Waals surface area (Å²) in [6, 6.07) is 3.26. The summed E-state index contributed by atoms with van der Waals surface area (Å²) in [5.74, 6) is 0.697. The molecule has 0 N–H and O–H groups in total. The highest BCUT2D eigenvalue weighted by molar-refractivity contribution is 6.29. The van der Waals surface area contributed by atoms with E-state index in [4.69, 9.17) is 11.6 Å². The van der Waals surface area contributed by atoms with Crippen LogP contribution in [0, 0.1) is 5.92 Å². The first kappa shape index (κ1) is 14.7. The van der Waals surface area contributed by atoms with E-state index in [1.807, 2.05) is 4.90 Å². The molecule has 0 saturated carbocycles. The third-order valence-corrected chi connectivity index (χ3v) is 4.67. The first-order valence-electron chi connectivity index (χ1n) is 7.73. The van der Waals surface area contributed by atoms with Crippen molar-refractivity contribution >= 4 is 17.5 Å². The van der Waals surface area contributed by atoms with E-state index >= 15 is 0 Å². The van der Waals surface area contributed by atoms with Crippen molar-refractivity contribution in [3.05, 3.63) is 23.0 Å². The van der Waals surface area contributed by atoms with Gasteiger partial charge in [-0.3, -0.25) is 4.79 Å². The Balaban J connectivity index is 1.50. The van der Waals surface area contributed by atoms with Crippen molar-refractivity contribution in [2.45, 2.75) is 25.7 Å². The van der Waals surface area contributed by atoms with E-state index in [9.17, 15) is 4.79 Å². The van der Waals surface area contributed by atoms with Gasteiger partial charge in [-0.05, 0) is 56.8 Å². The second kappa shape index (κ2) is 6.71. The molecular weight excluding hydrogens is 288 g/mol. The van der Waals surface area contributed by atoms with Crippen molar-refractivity contribution < 1.29 is 4.79 Å². The molecule has 0 bridgehead atoms. The van der Waals surface area contributed by atoms with Crippen LogP contribution in [0.15, 0.2) is 12.1 Å². The van der Waals surface area contributed by atoms with Crippen molar-refractivity contribution in [2.24, 2.45) is 5.92 Å². The van der Waals surface area contributed by atoms with E-state index in [1.54, 1.807) is 12.1 Å². The van der Waals surface area contributed by atoms with Crippen molar-refractivity contribution in [1.82, 2.24) is 20.0 Å². The van der Waals surface area contributed by atoms with Gasteiger partial charge in [0.15, 0.2) is 10.8 Å². The summed E-state index contributed by atoms with van der Waals surface area (Å²) >= 11 is 5.70. The lowest BCUT2D eigenvalue weighted by atomic mass is 9.96. The minimum atomic E-state index is -0.0289. The van der Waals surface area contributed by atoms with Crippen LogP contribution < -0.4 is 0 Å². The fraction of sp³-hybridized carbons (Fsp3) is 0.667. The molecule has 0 aliphatic carbocycles. The number of hydrogen-bond acceptors (Lipinski definition) is 4. The summed E-state index contributed by atoms with van der Waals surface area (Å²) in [5, 5.41) is 7.93. The second-order valence-corrected chi connectivity index (χ2v) is 6.37. The van der Waals surface area contributed by atoms with E-state index < -0.39 is 0 Å². The van der Waals surface area contributed by atoms with Crippen LogP contribution in [0.5, 0.6) is 0 Å². The van der Waals surface area contributed by atoms with Gasteiger partial charge in [-0.25, -0.2) is 0 Å². The van der Waals surface area contributed by atoms with Crippen LogP contribution in [0.2, 0.25) is 5.15 Å². The Hall–Kier alpha value is -1.20. The standard InChI is InChI=1S/C15H21ClN4O/c16-14-4-3-13(17-18-14)15(21)20-9-5-12(6-10-20)11-19-7-1-2-8-19/h3-4,12H,1-2,5-11H2. The third kappa shape index (κ3) is 3.71. The van der Waals surface area contributed by atoms with Gasteiger partial charge < -0.3 is 9.80 Å². The molecule has 0 atom stereocenters. The van der Waals surface area contributed by atoms with Gasteiger partial charge in [-0.15, -0.1) is 10.2 Å². The molecular formula is C15H21ClN4O. The first-order valence-corrected chi connectivity index (χ1v) is 8.11. The predicted octanol–water partition coefficient (Wildman–Crippen LogP) is 2.08. The lowest BCUT2D eigenvalue weighted by Gasteiger charge is -2.33. The Bertz CT molecular complexity index is 479. The average Bonchev–Trinajstić information content (AvgIpc) is 3.01. The number of amides is 1. The molecule has 5 nitrogen and oxygen atoms in total. The zero-order chi connectivity index (χ0) is 14.7. The number of hydrogen-bond donors (Lipinski definition) is 0. The molecule has 1 aromatic rings. The third-order valence-electron chi connectivity index (χ3n) is 4.47. The molecule has 0 radical (unpaired) electrons. The normalized spacial score (nSPS) is 20.9. The number of likely N-dealkylation sites (tertiary alicyclic amines) is 2. The number of halogens is 1. The maximum atomic E-state index is 12.3.